The lowest BCUT2D eigenvalue weighted by Gasteiger charge is -2.21. The summed E-state index contributed by atoms with van der Waals surface area (Å²) in [6.45, 7) is 7.98. The molecule has 0 fully saturated rings. The number of hydrogen-bond donors (Lipinski definition) is 1. The topological polar surface area (TPSA) is 55.4 Å². The van der Waals surface area contributed by atoms with Gasteiger partial charge in [0.05, 0.1) is 17.7 Å². The maximum atomic E-state index is 12.7. The van der Waals surface area contributed by atoms with E-state index in [0.29, 0.717) is 21.9 Å². The van der Waals surface area contributed by atoms with Crippen LogP contribution < -0.4 is 9.46 Å². The molecule has 0 saturated carbocycles. The van der Waals surface area contributed by atoms with E-state index < -0.39 is 10.0 Å². The van der Waals surface area contributed by atoms with Gasteiger partial charge in [-0.15, -0.1) is 0 Å². The fraction of sp³-hybridized carbons (Fsp3) is 0.333. The molecule has 0 aliphatic rings. The van der Waals surface area contributed by atoms with E-state index in [0.717, 1.165) is 5.56 Å². The Kier molecular flexibility index (Phi) is 4.71. The van der Waals surface area contributed by atoms with E-state index in [1.165, 1.54) is 0 Å². The lowest BCUT2D eigenvalue weighted by molar-refractivity contribution is 0.415. The van der Waals surface area contributed by atoms with Gasteiger partial charge in [-0.05, 0) is 41.7 Å². The number of ether oxygens (including phenoxy) is 1. The van der Waals surface area contributed by atoms with E-state index in [-0.39, 0.29) is 5.41 Å². The average Bonchev–Trinajstić information content (AvgIpc) is 2.46. The number of anilines is 1. The molecule has 2 aromatic rings. The fourth-order valence-electron chi connectivity index (χ4n) is 2.25. The lowest BCUT2D eigenvalue weighted by atomic mass is 9.87. The molecular formula is C18H23NO3S. The first-order valence-electron chi connectivity index (χ1n) is 7.41. The van der Waals surface area contributed by atoms with Crippen LogP contribution in [0.5, 0.6) is 5.75 Å². The smallest absolute Gasteiger partial charge is 0.262 e. The van der Waals surface area contributed by atoms with Gasteiger partial charge in [0.15, 0.2) is 0 Å². The number of hydrogen-bond acceptors (Lipinski definition) is 3. The highest BCUT2D eigenvalue weighted by molar-refractivity contribution is 7.92. The minimum atomic E-state index is -3.66. The zero-order chi connectivity index (χ0) is 17.3. The normalized spacial score (nSPS) is 12.0. The molecule has 5 heteroatoms. The molecule has 0 amide bonds. The number of methoxy groups -OCH3 is 1. The largest absolute Gasteiger partial charge is 0.497 e. The molecule has 0 heterocycles. The first-order chi connectivity index (χ1) is 10.6. The zero-order valence-electron chi connectivity index (χ0n) is 14.2. The van der Waals surface area contributed by atoms with Crippen LogP contribution in [-0.4, -0.2) is 15.5 Å². The predicted molar refractivity (Wildman–Crippen MR) is 93.7 cm³/mol. The minimum absolute atomic E-state index is 0.117. The Morgan fingerprint density at radius 1 is 1.04 bits per heavy atom. The van der Waals surface area contributed by atoms with Crippen molar-refractivity contribution in [3.63, 3.8) is 0 Å². The number of sulfonamides is 1. The van der Waals surface area contributed by atoms with Crippen molar-refractivity contribution in [1.82, 2.24) is 0 Å². The summed E-state index contributed by atoms with van der Waals surface area (Å²) in [6.07, 6.45) is 0. The van der Waals surface area contributed by atoms with Gasteiger partial charge in [-0.2, -0.15) is 0 Å². The molecule has 0 aromatic heterocycles. The summed E-state index contributed by atoms with van der Waals surface area (Å²) >= 11 is 0. The molecule has 0 spiro atoms. The van der Waals surface area contributed by atoms with Gasteiger partial charge in [-0.25, -0.2) is 8.42 Å². The Bertz CT molecular complexity index is 805. The Morgan fingerprint density at radius 3 is 2.35 bits per heavy atom. The summed E-state index contributed by atoms with van der Waals surface area (Å²) in [7, 11) is -2.11. The van der Waals surface area contributed by atoms with E-state index in [9.17, 15) is 8.42 Å². The highest BCUT2D eigenvalue weighted by Crippen LogP contribution is 2.28. The Morgan fingerprint density at radius 2 is 1.74 bits per heavy atom. The summed E-state index contributed by atoms with van der Waals surface area (Å²) < 4.78 is 33.2. The van der Waals surface area contributed by atoms with E-state index in [4.69, 9.17) is 4.74 Å². The molecule has 124 valence electrons. The Labute approximate surface area is 138 Å². The maximum Gasteiger partial charge on any atom is 0.262 e. The molecule has 0 saturated heterocycles. The highest BCUT2D eigenvalue weighted by atomic mass is 32.2. The molecule has 0 atom stereocenters. The molecule has 4 nitrogen and oxygen atoms in total. The first kappa shape index (κ1) is 17.3. The summed E-state index contributed by atoms with van der Waals surface area (Å²) in [4.78, 5) is 0.299. The van der Waals surface area contributed by atoms with Crippen molar-refractivity contribution >= 4 is 15.7 Å². The van der Waals surface area contributed by atoms with Crippen LogP contribution in [0.1, 0.15) is 31.9 Å². The quantitative estimate of drug-likeness (QED) is 0.916. The van der Waals surface area contributed by atoms with Crippen LogP contribution in [0, 0.1) is 6.92 Å². The summed E-state index contributed by atoms with van der Waals surface area (Å²) in [6, 6.07) is 12.4. The highest BCUT2D eigenvalue weighted by Gasteiger charge is 2.21. The van der Waals surface area contributed by atoms with E-state index in [1.54, 1.807) is 44.4 Å². The SMILES string of the molecule is COc1cccc(NS(=O)(=O)c2cc(C(C)(C)C)ccc2C)c1. The van der Waals surface area contributed by atoms with Crippen molar-refractivity contribution in [3.8, 4) is 5.75 Å². The second-order valence-corrected chi connectivity index (χ2v) is 8.22. The molecule has 0 aliphatic carbocycles. The van der Waals surface area contributed by atoms with Crippen LogP contribution in [0.25, 0.3) is 0 Å². The van der Waals surface area contributed by atoms with Gasteiger partial charge in [-0.3, -0.25) is 4.72 Å². The zero-order valence-corrected chi connectivity index (χ0v) is 15.0. The third-order valence-corrected chi connectivity index (χ3v) is 5.19. The van der Waals surface area contributed by atoms with Crippen LogP contribution >= 0.6 is 0 Å². The van der Waals surface area contributed by atoms with Crippen LogP contribution in [0.3, 0.4) is 0 Å². The maximum absolute atomic E-state index is 12.7. The van der Waals surface area contributed by atoms with Gasteiger partial charge in [0.1, 0.15) is 5.75 Å². The van der Waals surface area contributed by atoms with Crippen molar-refractivity contribution in [1.29, 1.82) is 0 Å². The van der Waals surface area contributed by atoms with Gasteiger partial charge >= 0.3 is 0 Å². The van der Waals surface area contributed by atoms with Crippen LogP contribution in [0.4, 0.5) is 5.69 Å². The summed E-state index contributed by atoms with van der Waals surface area (Å²) in [5, 5.41) is 0. The summed E-state index contributed by atoms with van der Waals surface area (Å²) in [5.41, 5.74) is 2.06. The molecule has 1 N–H and O–H groups in total. The Hall–Kier alpha value is -2.01. The van der Waals surface area contributed by atoms with Gasteiger partial charge < -0.3 is 4.74 Å². The fourth-order valence-corrected chi connectivity index (χ4v) is 3.57. The second kappa shape index (κ2) is 6.24. The van der Waals surface area contributed by atoms with E-state index in [1.807, 2.05) is 12.1 Å². The number of aryl methyl sites for hydroxylation is 1. The number of rotatable bonds is 4. The standard InChI is InChI=1S/C18H23NO3S/c1-13-9-10-14(18(2,3)4)11-17(13)23(20,21)19-15-7-6-8-16(12-15)22-5/h6-12,19H,1-5H3. The van der Waals surface area contributed by atoms with Crippen LogP contribution in [-0.2, 0) is 15.4 Å². The predicted octanol–water partition coefficient (Wildman–Crippen LogP) is 4.10. The molecule has 2 rings (SSSR count). The van der Waals surface area contributed by atoms with Crippen molar-refractivity contribution in [2.24, 2.45) is 0 Å². The molecule has 2 aromatic carbocycles. The Balaban J connectivity index is 2.43. The van der Waals surface area contributed by atoms with Crippen LogP contribution in [0.15, 0.2) is 47.4 Å². The van der Waals surface area contributed by atoms with E-state index in [2.05, 4.69) is 25.5 Å². The van der Waals surface area contributed by atoms with Gasteiger partial charge in [0, 0.05) is 6.07 Å². The minimum Gasteiger partial charge on any atom is -0.497 e. The van der Waals surface area contributed by atoms with Gasteiger partial charge in [-0.1, -0.05) is 39.0 Å². The first-order valence-corrected chi connectivity index (χ1v) is 8.90. The number of benzene rings is 2. The van der Waals surface area contributed by atoms with E-state index >= 15 is 0 Å². The third-order valence-electron chi connectivity index (χ3n) is 3.67. The van der Waals surface area contributed by atoms with Gasteiger partial charge in [0.25, 0.3) is 10.0 Å². The van der Waals surface area contributed by atoms with Crippen molar-refractivity contribution in [2.45, 2.75) is 38.0 Å². The molecule has 0 unspecified atom stereocenters. The summed E-state index contributed by atoms with van der Waals surface area (Å²) in [5.74, 6) is 0.602. The lowest BCUT2D eigenvalue weighted by Crippen LogP contribution is -2.17. The second-order valence-electron chi connectivity index (χ2n) is 6.57. The molecular weight excluding hydrogens is 310 g/mol. The molecule has 23 heavy (non-hydrogen) atoms. The molecule has 0 radical (unpaired) electrons. The third kappa shape index (κ3) is 4.05. The van der Waals surface area contributed by atoms with Crippen molar-refractivity contribution < 1.29 is 13.2 Å². The van der Waals surface area contributed by atoms with Crippen LogP contribution in [0.2, 0.25) is 0 Å². The monoisotopic (exact) mass is 333 g/mol. The van der Waals surface area contributed by atoms with Crippen molar-refractivity contribution in [2.75, 3.05) is 11.8 Å². The molecule has 0 bridgehead atoms. The number of nitrogens with one attached hydrogen (secondary N) is 1. The van der Waals surface area contributed by atoms with Crippen molar-refractivity contribution in [3.05, 3.63) is 53.6 Å². The molecule has 0 aliphatic heterocycles. The average molecular weight is 333 g/mol. The van der Waals surface area contributed by atoms with Gasteiger partial charge in [0.2, 0.25) is 0 Å².